The number of likely N-dealkylation sites (N-methyl/N-ethyl adjacent to an activating group) is 1. The molecule has 0 radical (unpaired) electrons. The van der Waals surface area contributed by atoms with Gasteiger partial charge in [0.05, 0.1) is 17.9 Å². The van der Waals surface area contributed by atoms with Crippen molar-refractivity contribution >= 4 is 30.9 Å². The second kappa shape index (κ2) is 6.64. The van der Waals surface area contributed by atoms with Gasteiger partial charge in [0.25, 0.3) is 0 Å². The number of aliphatic hydroxyl groups is 1. The van der Waals surface area contributed by atoms with Crippen molar-refractivity contribution in [1.82, 2.24) is 0 Å². The zero-order valence-corrected chi connectivity index (χ0v) is 14.9. The van der Waals surface area contributed by atoms with Crippen molar-refractivity contribution < 1.29 is 13.5 Å². The van der Waals surface area contributed by atoms with Crippen LogP contribution in [0.25, 0.3) is 5.57 Å². The lowest BCUT2D eigenvalue weighted by Crippen LogP contribution is -2.45. The number of hydrogen-bond acceptors (Lipinski definition) is 5. The van der Waals surface area contributed by atoms with Gasteiger partial charge in [-0.1, -0.05) is 24.3 Å². The molecule has 1 heterocycles. The smallest absolute Gasteiger partial charge is 0.205 e. The van der Waals surface area contributed by atoms with Gasteiger partial charge in [-0.3, -0.25) is 0 Å². The standard InChI is InChI=1S/C16H23NO3S2/c1-4-17-15-8-6-5-7-14(15)13(11-16(17,2)3)12-22(19,20)21-10-9-18/h5-8,11,18H,4,9-10,12H2,1-3H3. The minimum atomic E-state index is -3.29. The number of anilines is 1. The Morgan fingerprint density at radius 3 is 2.59 bits per heavy atom. The van der Waals surface area contributed by atoms with Crippen LogP contribution in [-0.2, 0) is 8.87 Å². The number of aliphatic hydroxyl groups excluding tert-OH is 1. The van der Waals surface area contributed by atoms with E-state index in [-0.39, 0.29) is 23.7 Å². The summed E-state index contributed by atoms with van der Waals surface area (Å²) in [6, 6.07) is 7.94. The first kappa shape index (κ1) is 17.4. The Morgan fingerprint density at radius 2 is 1.95 bits per heavy atom. The van der Waals surface area contributed by atoms with Gasteiger partial charge in [0.1, 0.15) is 0 Å². The van der Waals surface area contributed by atoms with Crippen LogP contribution < -0.4 is 4.90 Å². The van der Waals surface area contributed by atoms with Gasteiger partial charge in [-0.05, 0) is 43.2 Å². The molecule has 0 spiro atoms. The Kier molecular flexibility index (Phi) is 5.25. The van der Waals surface area contributed by atoms with E-state index in [9.17, 15) is 8.42 Å². The molecule has 0 aromatic heterocycles. The molecular weight excluding hydrogens is 318 g/mol. The Hall–Kier alpha value is -0.980. The molecule has 0 atom stereocenters. The van der Waals surface area contributed by atoms with Gasteiger partial charge < -0.3 is 10.0 Å². The number of nitrogens with zero attached hydrogens (tertiary/aromatic N) is 1. The zero-order chi connectivity index (χ0) is 16.4. The maximum atomic E-state index is 12.2. The molecule has 1 aliphatic rings. The van der Waals surface area contributed by atoms with E-state index in [2.05, 4.69) is 31.7 Å². The highest BCUT2D eigenvalue weighted by Crippen LogP contribution is 2.39. The maximum Gasteiger partial charge on any atom is 0.205 e. The first-order valence-corrected chi connectivity index (χ1v) is 10.5. The Morgan fingerprint density at radius 1 is 1.27 bits per heavy atom. The fourth-order valence-corrected chi connectivity index (χ4v) is 5.61. The van der Waals surface area contributed by atoms with Gasteiger partial charge in [0.15, 0.2) is 0 Å². The first-order valence-electron chi connectivity index (χ1n) is 7.37. The molecule has 6 heteroatoms. The predicted octanol–water partition coefficient (Wildman–Crippen LogP) is 2.74. The second-order valence-corrected chi connectivity index (χ2v) is 10.1. The van der Waals surface area contributed by atoms with E-state index >= 15 is 0 Å². The highest BCUT2D eigenvalue weighted by atomic mass is 33.1. The van der Waals surface area contributed by atoms with E-state index in [4.69, 9.17) is 5.11 Å². The van der Waals surface area contributed by atoms with Crippen molar-refractivity contribution in [2.45, 2.75) is 26.3 Å². The summed E-state index contributed by atoms with van der Waals surface area (Å²) in [7, 11) is -2.47. The summed E-state index contributed by atoms with van der Waals surface area (Å²) in [6.07, 6.45) is 2.05. The van der Waals surface area contributed by atoms with Crippen LogP contribution in [0.5, 0.6) is 0 Å². The number of hydrogen-bond donors (Lipinski definition) is 1. The molecule has 0 amide bonds. The zero-order valence-electron chi connectivity index (χ0n) is 13.2. The maximum absolute atomic E-state index is 12.2. The third-order valence-corrected chi connectivity index (χ3v) is 7.07. The molecule has 0 aliphatic carbocycles. The van der Waals surface area contributed by atoms with Gasteiger partial charge in [0, 0.05) is 23.5 Å². The second-order valence-electron chi connectivity index (χ2n) is 5.83. The quantitative estimate of drug-likeness (QED) is 0.806. The van der Waals surface area contributed by atoms with Crippen molar-refractivity contribution in [1.29, 1.82) is 0 Å². The summed E-state index contributed by atoms with van der Waals surface area (Å²) in [6.45, 7) is 7.03. The van der Waals surface area contributed by atoms with Crippen LogP contribution in [0.4, 0.5) is 5.69 Å². The summed E-state index contributed by atoms with van der Waals surface area (Å²) < 4.78 is 24.5. The summed E-state index contributed by atoms with van der Waals surface area (Å²) in [5, 5.41) is 8.84. The van der Waals surface area contributed by atoms with Crippen LogP contribution in [0, 0.1) is 0 Å². The SMILES string of the molecule is CCN1c2ccccc2C(CS(=O)(=O)SCCO)=CC1(C)C. The van der Waals surface area contributed by atoms with Crippen molar-refractivity contribution in [2.24, 2.45) is 0 Å². The highest BCUT2D eigenvalue weighted by molar-refractivity contribution is 8.72. The topological polar surface area (TPSA) is 57.6 Å². The first-order chi connectivity index (χ1) is 10.3. The van der Waals surface area contributed by atoms with Gasteiger partial charge in [-0.25, -0.2) is 8.42 Å². The average Bonchev–Trinajstić information content (AvgIpc) is 2.44. The minimum Gasteiger partial charge on any atom is -0.395 e. The number of rotatable bonds is 6. The average molecular weight is 341 g/mol. The van der Waals surface area contributed by atoms with E-state index in [1.165, 1.54) is 0 Å². The van der Waals surface area contributed by atoms with Gasteiger partial charge in [-0.15, -0.1) is 0 Å². The number of para-hydroxylation sites is 1. The van der Waals surface area contributed by atoms with Gasteiger partial charge in [-0.2, -0.15) is 0 Å². The summed E-state index contributed by atoms with van der Waals surface area (Å²) in [5.74, 6) is 0.206. The largest absolute Gasteiger partial charge is 0.395 e. The summed E-state index contributed by atoms with van der Waals surface area (Å²) in [4.78, 5) is 2.28. The van der Waals surface area contributed by atoms with Crippen LogP contribution >= 0.6 is 10.8 Å². The monoisotopic (exact) mass is 341 g/mol. The molecular formula is C16H23NO3S2. The van der Waals surface area contributed by atoms with Crippen molar-refractivity contribution in [2.75, 3.05) is 29.6 Å². The normalized spacial score (nSPS) is 17.1. The predicted molar refractivity (Wildman–Crippen MR) is 94.8 cm³/mol. The van der Waals surface area contributed by atoms with Crippen LogP contribution in [0.3, 0.4) is 0 Å². The Bertz CT molecular complexity index is 666. The summed E-state index contributed by atoms with van der Waals surface area (Å²) >= 11 is 0. The van der Waals surface area contributed by atoms with E-state index in [0.717, 1.165) is 34.2 Å². The fraction of sp³-hybridized carbons (Fsp3) is 0.500. The van der Waals surface area contributed by atoms with Gasteiger partial charge in [0.2, 0.25) is 8.87 Å². The number of fused-ring (bicyclic) bond motifs is 1. The van der Waals surface area contributed by atoms with Crippen LogP contribution in [0.1, 0.15) is 26.3 Å². The Balaban J connectivity index is 2.41. The molecule has 0 fully saturated rings. The van der Waals surface area contributed by atoms with E-state index in [1.54, 1.807) is 0 Å². The lowest BCUT2D eigenvalue weighted by molar-refractivity contribution is 0.323. The lowest BCUT2D eigenvalue weighted by atomic mass is 9.89. The molecule has 4 nitrogen and oxygen atoms in total. The van der Waals surface area contributed by atoms with E-state index < -0.39 is 8.87 Å². The molecule has 1 aromatic rings. The van der Waals surface area contributed by atoms with Crippen molar-refractivity contribution in [3.8, 4) is 0 Å². The fourth-order valence-electron chi connectivity index (χ4n) is 2.97. The molecule has 1 aromatic carbocycles. The van der Waals surface area contributed by atoms with Gasteiger partial charge >= 0.3 is 0 Å². The molecule has 2 rings (SSSR count). The van der Waals surface area contributed by atoms with Crippen LogP contribution in [-0.4, -0.2) is 43.7 Å². The van der Waals surface area contributed by atoms with Crippen molar-refractivity contribution in [3.05, 3.63) is 35.9 Å². The highest BCUT2D eigenvalue weighted by Gasteiger charge is 2.32. The third-order valence-electron chi connectivity index (χ3n) is 3.77. The minimum absolute atomic E-state index is 0.00430. The molecule has 0 bridgehead atoms. The molecule has 1 aliphatic heterocycles. The lowest BCUT2D eigenvalue weighted by Gasteiger charge is -2.43. The third kappa shape index (κ3) is 3.67. The molecule has 22 heavy (non-hydrogen) atoms. The van der Waals surface area contributed by atoms with Crippen LogP contribution in [0.2, 0.25) is 0 Å². The van der Waals surface area contributed by atoms with E-state index in [1.807, 2.05) is 24.3 Å². The number of benzene rings is 1. The van der Waals surface area contributed by atoms with Crippen molar-refractivity contribution in [3.63, 3.8) is 0 Å². The molecule has 122 valence electrons. The molecule has 0 saturated heterocycles. The van der Waals surface area contributed by atoms with E-state index in [0.29, 0.717) is 0 Å². The van der Waals surface area contributed by atoms with Crippen LogP contribution in [0.15, 0.2) is 30.3 Å². The summed E-state index contributed by atoms with van der Waals surface area (Å²) in [5.41, 5.74) is 2.68. The molecule has 1 N–H and O–H groups in total. The molecule has 0 saturated carbocycles. The molecule has 0 unspecified atom stereocenters. The Labute approximate surface area is 136 Å².